The van der Waals surface area contributed by atoms with Crippen LogP contribution in [-0.4, -0.2) is 13.2 Å². The van der Waals surface area contributed by atoms with E-state index in [0.717, 1.165) is 19.4 Å². The summed E-state index contributed by atoms with van der Waals surface area (Å²) in [5, 5.41) is 0. The molecule has 1 aromatic rings. The third-order valence-electron chi connectivity index (χ3n) is 3.69. The van der Waals surface area contributed by atoms with E-state index in [9.17, 15) is 0 Å². The summed E-state index contributed by atoms with van der Waals surface area (Å²) in [6.07, 6.45) is 6.90. The Labute approximate surface area is 112 Å². The molecular weight excluding hydrogens is 220 g/mol. The van der Waals surface area contributed by atoms with Gasteiger partial charge in [0.05, 0.1) is 6.61 Å². The van der Waals surface area contributed by atoms with E-state index < -0.39 is 0 Å². The summed E-state index contributed by atoms with van der Waals surface area (Å²) < 4.78 is 5.29. The lowest BCUT2D eigenvalue weighted by molar-refractivity contribution is 0.101. The lowest BCUT2D eigenvalue weighted by atomic mass is 9.86. The van der Waals surface area contributed by atoms with Gasteiger partial charge in [0.2, 0.25) is 0 Å². The molecule has 1 heterocycles. The smallest absolute Gasteiger partial charge is 0.0538 e. The molecule has 18 heavy (non-hydrogen) atoms. The van der Waals surface area contributed by atoms with E-state index in [1.54, 1.807) is 0 Å². The Morgan fingerprint density at radius 2 is 1.94 bits per heavy atom. The van der Waals surface area contributed by atoms with Crippen LogP contribution in [-0.2, 0) is 16.6 Å². The van der Waals surface area contributed by atoms with Gasteiger partial charge in [-0.3, -0.25) is 0 Å². The molecule has 0 aromatic heterocycles. The van der Waals surface area contributed by atoms with Crippen LogP contribution in [0.15, 0.2) is 24.3 Å². The first-order chi connectivity index (χ1) is 8.55. The fourth-order valence-corrected chi connectivity index (χ4v) is 2.34. The molecule has 1 nitrogen and oxygen atoms in total. The zero-order valence-corrected chi connectivity index (χ0v) is 11.8. The van der Waals surface area contributed by atoms with E-state index in [-0.39, 0.29) is 5.41 Å². The third-order valence-corrected chi connectivity index (χ3v) is 3.69. The third kappa shape index (κ3) is 3.84. The van der Waals surface area contributed by atoms with Crippen LogP contribution in [0.3, 0.4) is 0 Å². The standard InChI is InChI=1S/C17H24O/c1-17(2,3)16-8-6-14(7-9-16)4-5-15-10-12-18-13-11-15/h6-9,15H,4-5,10,12-13H2,1-3H3. The maximum atomic E-state index is 5.29. The van der Waals surface area contributed by atoms with Crippen molar-refractivity contribution in [2.45, 2.75) is 45.4 Å². The Hall–Kier alpha value is -0.820. The second-order valence-corrected chi connectivity index (χ2v) is 6.23. The molecule has 1 aliphatic rings. The molecule has 2 rings (SSSR count). The highest BCUT2D eigenvalue weighted by atomic mass is 16.5. The highest BCUT2D eigenvalue weighted by molar-refractivity contribution is 5.27. The summed E-state index contributed by atoms with van der Waals surface area (Å²) in [4.78, 5) is 0. The van der Waals surface area contributed by atoms with E-state index in [2.05, 4.69) is 51.5 Å². The molecule has 98 valence electrons. The average Bonchev–Trinajstić information content (AvgIpc) is 2.37. The maximum Gasteiger partial charge on any atom is 0.0538 e. The van der Waals surface area contributed by atoms with Crippen molar-refractivity contribution in [2.24, 2.45) is 5.92 Å². The topological polar surface area (TPSA) is 9.23 Å². The van der Waals surface area contributed by atoms with E-state index in [1.165, 1.54) is 17.5 Å². The monoisotopic (exact) mass is 244 g/mol. The molecular formula is C17H24O. The number of hydrogen-bond donors (Lipinski definition) is 0. The first-order valence-corrected chi connectivity index (χ1v) is 6.96. The van der Waals surface area contributed by atoms with Crippen LogP contribution < -0.4 is 0 Å². The van der Waals surface area contributed by atoms with E-state index in [0.29, 0.717) is 12.5 Å². The molecule has 0 amide bonds. The van der Waals surface area contributed by atoms with Crippen molar-refractivity contribution >= 4 is 0 Å². The number of hydrogen-bond acceptors (Lipinski definition) is 1. The van der Waals surface area contributed by atoms with Crippen LogP contribution in [0.4, 0.5) is 0 Å². The molecule has 1 atom stereocenters. The first-order valence-electron chi connectivity index (χ1n) is 6.96. The summed E-state index contributed by atoms with van der Waals surface area (Å²) in [7, 11) is 0. The van der Waals surface area contributed by atoms with Gasteiger partial charge < -0.3 is 4.74 Å². The van der Waals surface area contributed by atoms with Crippen LogP contribution in [0.25, 0.3) is 0 Å². The molecule has 0 N–H and O–H groups in total. The van der Waals surface area contributed by atoms with Gasteiger partial charge >= 0.3 is 0 Å². The van der Waals surface area contributed by atoms with Gasteiger partial charge in [-0.15, -0.1) is 0 Å². The zero-order chi connectivity index (χ0) is 13.0. The van der Waals surface area contributed by atoms with Gasteiger partial charge in [0, 0.05) is 13.0 Å². The normalized spacial score (nSPS) is 17.9. The molecule has 1 aromatic carbocycles. The Kier molecular flexibility index (Phi) is 4.45. The largest absolute Gasteiger partial charge is 0.381 e. The minimum Gasteiger partial charge on any atom is -0.381 e. The molecule has 0 bridgehead atoms. The van der Waals surface area contributed by atoms with Crippen LogP contribution in [0.5, 0.6) is 0 Å². The van der Waals surface area contributed by atoms with Crippen molar-refractivity contribution in [3.05, 3.63) is 41.8 Å². The van der Waals surface area contributed by atoms with Crippen LogP contribution in [0.1, 0.15) is 44.7 Å². The van der Waals surface area contributed by atoms with E-state index in [4.69, 9.17) is 4.74 Å². The van der Waals surface area contributed by atoms with E-state index >= 15 is 0 Å². The fourth-order valence-electron chi connectivity index (χ4n) is 2.34. The Balaban J connectivity index is 1.86. The maximum absolute atomic E-state index is 5.29. The molecule has 0 saturated carbocycles. The summed E-state index contributed by atoms with van der Waals surface area (Å²) in [5.41, 5.74) is 3.10. The summed E-state index contributed by atoms with van der Waals surface area (Å²) in [6.45, 7) is 8.39. The molecule has 0 spiro atoms. The molecule has 1 aliphatic heterocycles. The number of rotatable bonds is 3. The Bertz CT molecular complexity index is 352. The SMILES string of the molecule is CC(C)(C)c1ccc(CCC2[C]COCC2)cc1. The zero-order valence-electron chi connectivity index (χ0n) is 11.8. The Morgan fingerprint density at radius 1 is 1.22 bits per heavy atom. The lowest BCUT2D eigenvalue weighted by Gasteiger charge is -2.21. The van der Waals surface area contributed by atoms with Crippen molar-refractivity contribution in [1.29, 1.82) is 0 Å². The highest BCUT2D eigenvalue weighted by Gasteiger charge is 2.15. The number of aryl methyl sites for hydroxylation is 1. The highest BCUT2D eigenvalue weighted by Crippen LogP contribution is 2.24. The minimum absolute atomic E-state index is 0.251. The first kappa shape index (κ1) is 13.6. The number of benzene rings is 1. The van der Waals surface area contributed by atoms with Crippen LogP contribution in [0, 0.1) is 12.3 Å². The minimum atomic E-state index is 0.251. The van der Waals surface area contributed by atoms with Gasteiger partial charge in [-0.2, -0.15) is 0 Å². The number of ether oxygens (including phenoxy) is 1. The molecule has 1 fully saturated rings. The molecule has 1 unspecified atom stereocenters. The average molecular weight is 244 g/mol. The van der Waals surface area contributed by atoms with Crippen LogP contribution >= 0.6 is 0 Å². The fraction of sp³-hybridized carbons (Fsp3) is 0.588. The molecule has 0 aliphatic carbocycles. The van der Waals surface area contributed by atoms with Crippen LogP contribution in [0.2, 0.25) is 0 Å². The van der Waals surface area contributed by atoms with E-state index in [1.807, 2.05) is 0 Å². The predicted octanol–water partition coefficient (Wildman–Crippen LogP) is 4.03. The van der Waals surface area contributed by atoms with Crippen molar-refractivity contribution in [3.8, 4) is 0 Å². The van der Waals surface area contributed by atoms with Gasteiger partial charge in [-0.1, -0.05) is 45.0 Å². The second-order valence-electron chi connectivity index (χ2n) is 6.23. The summed E-state index contributed by atoms with van der Waals surface area (Å²) >= 11 is 0. The summed E-state index contributed by atoms with van der Waals surface area (Å²) in [6, 6.07) is 9.10. The molecule has 1 saturated heterocycles. The molecule has 1 heteroatoms. The van der Waals surface area contributed by atoms with Gasteiger partial charge in [0.25, 0.3) is 0 Å². The van der Waals surface area contributed by atoms with Crippen molar-refractivity contribution in [2.75, 3.05) is 13.2 Å². The van der Waals surface area contributed by atoms with Gasteiger partial charge in [-0.05, 0) is 41.7 Å². The Morgan fingerprint density at radius 3 is 2.50 bits per heavy atom. The van der Waals surface area contributed by atoms with Gasteiger partial charge in [0.1, 0.15) is 0 Å². The van der Waals surface area contributed by atoms with Gasteiger partial charge in [-0.25, -0.2) is 0 Å². The summed E-state index contributed by atoms with van der Waals surface area (Å²) in [5.74, 6) is 0.626. The lowest BCUT2D eigenvalue weighted by Crippen LogP contribution is -2.17. The van der Waals surface area contributed by atoms with Crippen molar-refractivity contribution in [3.63, 3.8) is 0 Å². The second kappa shape index (κ2) is 5.88. The van der Waals surface area contributed by atoms with Crippen molar-refractivity contribution < 1.29 is 4.74 Å². The van der Waals surface area contributed by atoms with Gasteiger partial charge in [0.15, 0.2) is 0 Å². The predicted molar refractivity (Wildman–Crippen MR) is 75.6 cm³/mol. The quantitative estimate of drug-likeness (QED) is 0.780. The molecule has 2 radical (unpaired) electrons. The van der Waals surface area contributed by atoms with Crippen molar-refractivity contribution in [1.82, 2.24) is 0 Å².